The van der Waals surface area contributed by atoms with Crippen molar-refractivity contribution in [1.29, 1.82) is 0 Å². The van der Waals surface area contributed by atoms with Crippen LogP contribution in [0.3, 0.4) is 0 Å². The lowest BCUT2D eigenvalue weighted by atomic mass is 9.98. The van der Waals surface area contributed by atoms with E-state index >= 15 is 0 Å². The second-order valence-electron chi connectivity index (χ2n) is 5.82. The van der Waals surface area contributed by atoms with E-state index in [0.29, 0.717) is 6.04 Å². The Hall–Kier alpha value is -1.00. The fourth-order valence-corrected chi connectivity index (χ4v) is 3.11. The molecule has 0 saturated carbocycles. The molecule has 0 aliphatic carbocycles. The third-order valence-corrected chi connectivity index (χ3v) is 4.01. The summed E-state index contributed by atoms with van der Waals surface area (Å²) in [5, 5.41) is 0. The van der Waals surface area contributed by atoms with Gasteiger partial charge in [-0.1, -0.05) is 6.42 Å². The molecule has 1 aliphatic heterocycles. The van der Waals surface area contributed by atoms with Gasteiger partial charge in [-0.25, -0.2) is 9.97 Å². The van der Waals surface area contributed by atoms with Crippen molar-refractivity contribution in [3.63, 3.8) is 0 Å². The standard InChI is InChI=1S/C16H27N3O/c1-13-11-14(2)18-16(17-13)12-19-9-5-4-7-15(19)8-6-10-20-3/h11,15H,4-10,12H2,1-3H3. The van der Waals surface area contributed by atoms with E-state index in [9.17, 15) is 0 Å². The number of ether oxygens (including phenoxy) is 1. The van der Waals surface area contributed by atoms with E-state index in [1.165, 1.54) is 32.2 Å². The number of likely N-dealkylation sites (tertiary alicyclic amines) is 1. The number of aryl methyl sites for hydroxylation is 2. The van der Waals surface area contributed by atoms with Gasteiger partial charge in [0.15, 0.2) is 0 Å². The molecule has 0 bridgehead atoms. The van der Waals surface area contributed by atoms with Crippen molar-refractivity contribution in [3.05, 3.63) is 23.3 Å². The van der Waals surface area contributed by atoms with Crippen molar-refractivity contribution in [3.8, 4) is 0 Å². The zero-order valence-electron chi connectivity index (χ0n) is 13.1. The molecule has 1 aromatic rings. The fraction of sp³-hybridized carbons (Fsp3) is 0.750. The average molecular weight is 277 g/mol. The number of rotatable bonds is 6. The smallest absolute Gasteiger partial charge is 0.142 e. The predicted octanol–water partition coefficient (Wildman–Crippen LogP) is 2.87. The Morgan fingerprint density at radius 2 is 2.00 bits per heavy atom. The molecule has 1 fully saturated rings. The van der Waals surface area contributed by atoms with Crippen molar-refractivity contribution in [2.24, 2.45) is 0 Å². The van der Waals surface area contributed by atoms with Gasteiger partial charge < -0.3 is 4.74 Å². The Morgan fingerprint density at radius 3 is 2.70 bits per heavy atom. The van der Waals surface area contributed by atoms with Crippen LogP contribution in [0, 0.1) is 13.8 Å². The zero-order chi connectivity index (χ0) is 14.4. The summed E-state index contributed by atoms with van der Waals surface area (Å²) in [5.41, 5.74) is 2.14. The Kier molecular flexibility index (Phi) is 5.92. The third kappa shape index (κ3) is 4.53. The molecule has 1 aromatic heterocycles. The lowest BCUT2D eigenvalue weighted by Crippen LogP contribution is -2.39. The van der Waals surface area contributed by atoms with Gasteiger partial charge in [-0.2, -0.15) is 0 Å². The maximum atomic E-state index is 5.17. The number of hydrogen-bond donors (Lipinski definition) is 0. The van der Waals surface area contributed by atoms with Crippen molar-refractivity contribution < 1.29 is 4.74 Å². The van der Waals surface area contributed by atoms with Crippen LogP contribution in [0.1, 0.15) is 49.3 Å². The first kappa shape index (κ1) is 15.4. The highest BCUT2D eigenvalue weighted by atomic mass is 16.5. The minimum absolute atomic E-state index is 0.670. The molecule has 112 valence electrons. The number of methoxy groups -OCH3 is 1. The first-order valence-electron chi connectivity index (χ1n) is 7.73. The minimum Gasteiger partial charge on any atom is -0.385 e. The van der Waals surface area contributed by atoms with Crippen molar-refractivity contribution in [2.45, 2.75) is 58.5 Å². The van der Waals surface area contributed by atoms with Crippen LogP contribution in [0.5, 0.6) is 0 Å². The molecule has 1 atom stereocenters. The van der Waals surface area contributed by atoms with E-state index in [1.54, 1.807) is 7.11 Å². The Bertz CT molecular complexity index is 402. The van der Waals surface area contributed by atoms with Crippen molar-refractivity contribution >= 4 is 0 Å². The fourth-order valence-electron chi connectivity index (χ4n) is 3.11. The van der Waals surface area contributed by atoms with Gasteiger partial charge in [0.1, 0.15) is 5.82 Å². The summed E-state index contributed by atoms with van der Waals surface area (Å²) in [7, 11) is 1.78. The maximum Gasteiger partial charge on any atom is 0.142 e. The summed E-state index contributed by atoms with van der Waals surface area (Å²) in [4.78, 5) is 11.7. The van der Waals surface area contributed by atoms with Crippen molar-refractivity contribution in [1.82, 2.24) is 14.9 Å². The van der Waals surface area contributed by atoms with E-state index in [0.717, 1.165) is 36.8 Å². The van der Waals surface area contributed by atoms with E-state index in [1.807, 2.05) is 19.9 Å². The van der Waals surface area contributed by atoms with Crippen LogP contribution in [-0.4, -0.2) is 41.2 Å². The summed E-state index contributed by atoms with van der Waals surface area (Å²) in [5.74, 6) is 0.973. The Morgan fingerprint density at radius 1 is 1.25 bits per heavy atom. The first-order chi connectivity index (χ1) is 9.69. The van der Waals surface area contributed by atoms with Crippen LogP contribution in [-0.2, 0) is 11.3 Å². The number of piperidine rings is 1. The summed E-state index contributed by atoms with van der Waals surface area (Å²) in [6.45, 7) is 7.02. The van der Waals surface area contributed by atoms with Crippen LogP contribution in [0.4, 0.5) is 0 Å². The van der Waals surface area contributed by atoms with Gasteiger partial charge >= 0.3 is 0 Å². The third-order valence-electron chi connectivity index (χ3n) is 4.01. The normalized spacial score (nSPS) is 20.2. The SMILES string of the molecule is COCCCC1CCCCN1Cc1nc(C)cc(C)n1. The molecule has 2 heterocycles. The number of aromatic nitrogens is 2. The van der Waals surface area contributed by atoms with Gasteiger partial charge in [0.25, 0.3) is 0 Å². The van der Waals surface area contributed by atoms with E-state index in [4.69, 9.17) is 4.74 Å². The largest absolute Gasteiger partial charge is 0.385 e. The second kappa shape index (κ2) is 7.70. The molecular formula is C16H27N3O. The second-order valence-corrected chi connectivity index (χ2v) is 5.82. The summed E-state index contributed by atoms with van der Waals surface area (Å²) >= 11 is 0. The monoisotopic (exact) mass is 277 g/mol. The van der Waals surface area contributed by atoms with E-state index < -0.39 is 0 Å². The highest BCUT2D eigenvalue weighted by Crippen LogP contribution is 2.22. The predicted molar refractivity (Wildman–Crippen MR) is 80.7 cm³/mol. The van der Waals surface area contributed by atoms with Crippen LogP contribution in [0.15, 0.2) is 6.07 Å². The van der Waals surface area contributed by atoms with Gasteiger partial charge in [-0.3, -0.25) is 4.90 Å². The first-order valence-corrected chi connectivity index (χ1v) is 7.73. The summed E-state index contributed by atoms with van der Waals surface area (Å²) in [6, 6.07) is 2.71. The molecule has 4 nitrogen and oxygen atoms in total. The van der Waals surface area contributed by atoms with Crippen LogP contribution in [0.2, 0.25) is 0 Å². The highest BCUT2D eigenvalue weighted by molar-refractivity contribution is 5.08. The molecule has 20 heavy (non-hydrogen) atoms. The molecule has 0 amide bonds. The quantitative estimate of drug-likeness (QED) is 0.749. The highest BCUT2D eigenvalue weighted by Gasteiger charge is 2.22. The molecule has 1 saturated heterocycles. The van der Waals surface area contributed by atoms with Gasteiger partial charge in [-0.15, -0.1) is 0 Å². The molecule has 1 unspecified atom stereocenters. The molecule has 0 N–H and O–H groups in total. The molecular weight excluding hydrogens is 250 g/mol. The Balaban J connectivity index is 1.96. The number of hydrogen-bond acceptors (Lipinski definition) is 4. The molecule has 2 rings (SSSR count). The lowest BCUT2D eigenvalue weighted by molar-refractivity contribution is 0.114. The minimum atomic E-state index is 0.670. The molecule has 4 heteroatoms. The molecule has 0 radical (unpaired) electrons. The van der Waals surface area contributed by atoms with Crippen LogP contribution < -0.4 is 0 Å². The average Bonchev–Trinajstić information content (AvgIpc) is 2.40. The number of nitrogens with zero attached hydrogens (tertiary/aromatic N) is 3. The summed E-state index contributed by atoms with van der Waals surface area (Å²) < 4.78 is 5.17. The lowest BCUT2D eigenvalue weighted by Gasteiger charge is -2.35. The Labute approximate surface area is 122 Å². The molecule has 1 aliphatic rings. The topological polar surface area (TPSA) is 38.2 Å². The maximum absolute atomic E-state index is 5.17. The van der Waals surface area contributed by atoms with Crippen molar-refractivity contribution in [2.75, 3.05) is 20.3 Å². The van der Waals surface area contributed by atoms with E-state index in [-0.39, 0.29) is 0 Å². The zero-order valence-corrected chi connectivity index (χ0v) is 13.1. The molecule has 0 spiro atoms. The van der Waals surface area contributed by atoms with Gasteiger partial charge in [-0.05, 0) is 52.1 Å². The van der Waals surface area contributed by atoms with Gasteiger partial charge in [0.05, 0.1) is 6.54 Å². The van der Waals surface area contributed by atoms with E-state index in [2.05, 4.69) is 14.9 Å². The summed E-state index contributed by atoms with van der Waals surface area (Å²) in [6.07, 6.45) is 6.31. The van der Waals surface area contributed by atoms with Gasteiger partial charge in [0.2, 0.25) is 0 Å². The van der Waals surface area contributed by atoms with Crippen LogP contribution in [0.25, 0.3) is 0 Å². The molecule has 0 aromatic carbocycles. The van der Waals surface area contributed by atoms with Gasteiger partial charge in [0, 0.05) is 31.1 Å². The van der Waals surface area contributed by atoms with Crippen LogP contribution >= 0.6 is 0 Å².